The quantitative estimate of drug-likeness (QED) is 0.646. The zero-order valence-electron chi connectivity index (χ0n) is 16.3. The second-order valence-corrected chi connectivity index (χ2v) is 7.23. The lowest BCUT2D eigenvalue weighted by Gasteiger charge is -2.17. The van der Waals surface area contributed by atoms with Crippen LogP contribution < -0.4 is 16.0 Å². The van der Waals surface area contributed by atoms with Crippen LogP contribution in [0.4, 0.5) is 4.79 Å². The molecule has 1 aliphatic rings. The minimum absolute atomic E-state index is 0.130. The smallest absolute Gasteiger partial charge is 0.315 e. The van der Waals surface area contributed by atoms with E-state index < -0.39 is 0 Å². The zero-order valence-corrected chi connectivity index (χ0v) is 16.3. The normalized spacial score (nSPS) is 16.5. The number of hydrogen-bond acceptors (Lipinski definition) is 3. The van der Waals surface area contributed by atoms with Crippen LogP contribution in [0.15, 0.2) is 54.6 Å². The van der Waals surface area contributed by atoms with Gasteiger partial charge in [0.05, 0.1) is 0 Å². The van der Waals surface area contributed by atoms with Crippen LogP contribution >= 0.6 is 0 Å². The van der Waals surface area contributed by atoms with E-state index in [0.29, 0.717) is 18.7 Å². The van der Waals surface area contributed by atoms with Gasteiger partial charge in [0.2, 0.25) is 0 Å². The van der Waals surface area contributed by atoms with E-state index in [9.17, 15) is 9.59 Å². The Morgan fingerprint density at radius 1 is 1.00 bits per heavy atom. The van der Waals surface area contributed by atoms with E-state index >= 15 is 0 Å². The summed E-state index contributed by atoms with van der Waals surface area (Å²) in [7, 11) is 0. The molecule has 28 heavy (non-hydrogen) atoms. The first kappa shape index (κ1) is 19.9. The average molecular weight is 380 g/mol. The first-order valence-corrected chi connectivity index (χ1v) is 9.75. The Morgan fingerprint density at radius 2 is 1.71 bits per heavy atom. The van der Waals surface area contributed by atoms with Gasteiger partial charge in [0.15, 0.2) is 0 Å². The molecule has 0 saturated carbocycles. The molecule has 3 N–H and O–H groups in total. The maximum absolute atomic E-state index is 12.1. The number of urea groups is 1. The molecule has 1 heterocycles. The molecule has 0 spiro atoms. The molecule has 0 aromatic heterocycles. The number of nitrogens with zero attached hydrogens (tertiary/aromatic N) is 1. The van der Waals surface area contributed by atoms with Crippen molar-refractivity contribution < 1.29 is 9.59 Å². The number of benzene rings is 2. The van der Waals surface area contributed by atoms with Gasteiger partial charge >= 0.3 is 6.03 Å². The van der Waals surface area contributed by atoms with Gasteiger partial charge in [-0.2, -0.15) is 0 Å². The van der Waals surface area contributed by atoms with Crippen LogP contribution in [-0.2, 0) is 6.54 Å². The van der Waals surface area contributed by atoms with E-state index in [1.807, 2.05) is 37.3 Å². The lowest BCUT2D eigenvalue weighted by Crippen LogP contribution is -2.45. The van der Waals surface area contributed by atoms with Gasteiger partial charge in [-0.05, 0) is 31.0 Å². The Morgan fingerprint density at radius 3 is 2.46 bits per heavy atom. The summed E-state index contributed by atoms with van der Waals surface area (Å²) in [5.74, 6) is -0.130. The van der Waals surface area contributed by atoms with E-state index in [2.05, 4.69) is 33.0 Å². The second-order valence-electron chi connectivity index (χ2n) is 7.23. The summed E-state index contributed by atoms with van der Waals surface area (Å²) in [5.41, 5.74) is 3.03. The molecule has 148 valence electrons. The third-order valence-electron chi connectivity index (χ3n) is 4.87. The van der Waals surface area contributed by atoms with Gasteiger partial charge in [-0.1, -0.05) is 48.0 Å². The predicted octanol–water partition coefficient (Wildman–Crippen LogP) is 2.30. The fourth-order valence-corrected chi connectivity index (χ4v) is 3.33. The van der Waals surface area contributed by atoms with Crippen LogP contribution in [0.3, 0.4) is 0 Å². The first-order chi connectivity index (χ1) is 13.6. The summed E-state index contributed by atoms with van der Waals surface area (Å²) in [4.78, 5) is 26.4. The fourth-order valence-electron chi connectivity index (χ4n) is 3.33. The topological polar surface area (TPSA) is 73.5 Å². The van der Waals surface area contributed by atoms with E-state index in [1.54, 1.807) is 12.1 Å². The Kier molecular flexibility index (Phi) is 7.03. The van der Waals surface area contributed by atoms with Gasteiger partial charge in [0.1, 0.15) is 0 Å². The second kappa shape index (κ2) is 9.90. The molecular formula is C22H28N4O2. The molecule has 0 bridgehead atoms. The molecule has 3 amide bonds. The highest BCUT2D eigenvalue weighted by Crippen LogP contribution is 2.13. The minimum Gasteiger partial charge on any atom is -0.350 e. The van der Waals surface area contributed by atoms with Crippen LogP contribution in [0.25, 0.3) is 0 Å². The zero-order chi connectivity index (χ0) is 19.8. The molecule has 1 fully saturated rings. The maximum atomic E-state index is 12.1. The van der Waals surface area contributed by atoms with Crippen molar-refractivity contribution in [2.75, 3.05) is 26.2 Å². The Bertz CT molecular complexity index is 777. The van der Waals surface area contributed by atoms with Crippen molar-refractivity contribution in [3.05, 3.63) is 71.3 Å². The van der Waals surface area contributed by atoms with Crippen LogP contribution in [0.5, 0.6) is 0 Å². The molecule has 1 atom stereocenters. The fraction of sp³-hybridized carbons (Fsp3) is 0.364. The lowest BCUT2D eigenvalue weighted by molar-refractivity contribution is 0.0954. The number of hydrogen-bond donors (Lipinski definition) is 3. The van der Waals surface area contributed by atoms with Gasteiger partial charge in [0, 0.05) is 44.3 Å². The molecule has 3 rings (SSSR count). The molecule has 0 aliphatic carbocycles. The number of carbonyl (C=O) groups is 2. The minimum atomic E-state index is -0.184. The van der Waals surface area contributed by atoms with E-state index in [-0.39, 0.29) is 18.0 Å². The number of nitrogens with one attached hydrogen (secondary N) is 3. The van der Waals surface area contributed by atoms with Gasteiger partial charge < -0.3 is 16.0 Å². The molecule has 1 saturated heterocycles. The van der Waals surface area contributed by atoms with Crippen molar-refractivity contribution in [2.45, 2.75) is 25.9 Å². The molecule has 6 nitrogen and oxygen atoms in total. The van der Waals surface area contributed by atoms with Gasteiger partial charge in [-0.15, -0.1) is 0 Å². The molecule has 1 unspecified atom stereocenters. The summed E-state index contributed by atoms with van der Waals surface area (Å²) < 4.78 is 0. The maximum Gasteiger partial charge on any atom is 0.315 e. The van der Waals surface area contributed by atoms with Gasteiger partial charge in [-0.3, -0.25) is 9.69 Å². The van der Waals surface area contributed by atoms with Crippen LogP contribution in [-0.4, -0.2) is 49.1 Å². The largest absolute Gasteiger partial charge is 0.350 e. The van der Waals surface area contributed by atoms with Crippen molar-refractivity contribution in [3.8, 4) is 0 Å². The van der Waals surface area contributed by atoms with Crippen molar-refractivity contribution >= 4 is 11.9 Å². The van der Waals surface area contributed by atoms with Gasteiger partial charge in [-0.25, -0.2) is 4.79 Å². The van der Waals surface area contributed by atoms with Crippen molar-refractivity contribution in [3.63, 3.8) is 0 Å². The molecular weight excluding hydrogens is 352 g/mol. The Balaban J connectivity index is 1.30. The molecule has 2 aromatic rings. The van der Waals surface area contributed by atoms with E-state index in [4.69, 9.17) is 0 Å². The summed E-state index contributed by atoms with van der Waals surface area (Å²) in [6.07, 6.45) is 0.949. The summed E-state index contributed by atoms with van der Waals surface area (Å²) in [6.45, 7) is 5.51. The van der Waals surface area contributed by atoms with E-state index in [0.717, 1.165) is 31.6 Å². The standard InChI is InChI=1S/C22H28N4O2/c1-17-7-9-19(10-8-17)21(27)23-12-13-24-22(28)25-20-11-14-26(16-20)15-18-5-3-2-4-6-18/h2-10,20H,11-16H2,1H3,(H,23,27)(H2,24,25,28). The lowest BCUT2D eigenvalue weighted by atomic mass is 10.1. The van der Waals surface area contributed by atoms with Crippen molar-refractivity contribution in [2.24, 2.45) is 0 Å². The molecule has 2 aromatic carbocycles. The van der Waals surface area contributed by atoms with Crippen LogP contribution in [0, 0.1) is 6.92 Å². The number of aryl methyl sites for hydroxylation is 1. The third-order valence-corrected chi connectivity index (χ3v) is 4.87. The highest BCUT2D eigenvalue weighted by atomic mass is 16.2. The van der Waals surface area contributed by atoms with E-state index in [1.165, 1.54) is 5.56 Å². The molecule has 6 heteroatoms. The number of rotatable bonds is 7. The van der Waals surface area contributed by atoms with Crippen molar-refractivity contribution in [1.29, 1.82) is 0 Å². The highest BCUT2D eigenvalue weighted by molar-refractivity contribution is 5.94. The third kappa shape index (κ3) is 6.09. The predicted molar refractivity (Wildman–Crippen MR) is 110 cm³/mol. The summed E-state index contributed by atoms with van der Waals surface area (Å²) in [5, 5.41) is 8.64. The Labute approximate surface area is 166 Å². The highest BCUT2D eigenvalue weighted by Gasteiger charge is 2.23. The number of carbonyl (C=O) groups excluding carboxylic acids is 2. The first-order valence-electron chi connectivity index (χ1n) is 9.75. The van der Waals surface area contributed by atoms with Crippen molar-refractivity contribution in [1.82, 2.24) is 20.9 Å². The monoisotopic (exact) mass is 380 g/mol. The number of amides is 3. The molecule has 0 radical (unpaired) electrons. The number of likely N-dealkylation sites (tertiary alicyclic amines) is 1. The summed E-state index contributed by atoms with van der Waals surface area (Å²) >= 11 is 0. The SMILES string of the molecule is Cc1ccc(C(=O)NCCNC(=O)NC2CCN(Cc3ccccc3)C2)cc1. The Hall–Kier alpha value is -2.86. The van der Waals surface area contributed by atoms with Crippen LogP contribution in [0.2, 0.25) is 0 Å². The summed E-state index contributed by atoms with van der Waals surface area (Å²) in [6, 6.07) is 17.7. The van der Waals surface area contributed by atoms with Gasteiger partial charge in [0.25, 0.3) is 5.91 Å². The average Bonchev–Trinajstić information content (AvgIpc) is 3.13. The van der Waals surface area contributed by atoms with Crippen LogP contribution in [0.1, 0.15) is 27.9 Å². The molecule has 1 aliphatic heterocycles.